The van der Waals surface area contributed by atoms with Gasteiger partial charge in [0.15, 0.2) is 5.96 Å². The van der Waals surface area contributed by atoms with E-state index in [0.29, 0.717) is 19.1 Å². The average molecular weight is 549 g/mol. The minimum absolute atomic E-state index is 0. The van der Waals surface area contributed by atoms with E-state index in [1.54, 1.807) is 0 Å². The Balaban J connectivity index is 0.00000341. The number of likely N-dealkylation sites (tertiary alicyclic amines) is 1. The highest BCUT2D eigenvalue weighted by molar-refractivity contribution is 14.0. The second kappa shape index (κ2) is 13.0. The molecule has 8 nitrogen and oxygen atoms in total. The van der Waals surface area contributed by atoms with Gasteiger partial charge in [0.2, 0.25) is 5.89 Å². The lowest BCUT2D eigenvalue weighted by atomic mass is 9.84. The second-order valence-electron chi connectivity index (χ2n) is 8.82. The topological polar surface area (TPSA) is 95.2 Å². The van der Waals surface area contributed by atoms with E-state index in [1.165, 1.54) is 0 Å². The fraction of sp³-hybridized carbons (Fsp3) is 0.818. The Kier molecular flexibility index (Phi) is 11.0. The summed E-state index contributed by atoms with van der Waals surface area (Å²) in [5, 5.41) is 16.3. The molecule has 0 radical (unpaired) electrons. The van der Waals surface area contributed by atoms with Crippen LogP contribution in [0.2, 0.25) is 0 Å². The maximum atomic E-state index is 9.41. The van der Waals surface area contributed by atoms with Gasteiger partial charge in [-0.15, -0.1) is 24.0 Å². The monoisotopic (exact) mass is 549 g/mol. The molecule has 0 bridgehead atoms. The van der Waals surface area contributed by atoms with Crippen LogP contribution in [-0.2, 0) is 11.3 Å². The van der Waals surface area contributed by atoms with Gasteiger partial charge in [-0.05, 0) is 65.5 Å². The van der Waals surface area contributed by atoms with Gasteiger partial charge in [0.25, 0.3) is 0 Å². The van der Waals surface area contributed by atoms with Crippen LogP contribution in [0.4, 0.5) is 0 Å². The van der Waals surface area contributed by atoms with Crippen molar-refractivity contribution in [1.29, 1.82) is 0 Å². The van der Waals surface area contributed by atoms with Crippen LogP contribution in [-0.4, -0.2) is 73.5 Å². The Morgan fingerprint density at radius 2 is 2.06 bits per heavy atom. The van der Waals surface area contributed by atoms with Crippen LogP contribution < -0.4 is 10.6 Å². The Morgan fingerprint density at radius 1 is 1.29 bits per heavy atom. The molecule has 3 rings (SSSR count). The summed E-state index contributed by atoms with van der Waals surface area (Å²) in [5.74, 6) is 3.26. The fourth-order valence-corrected chi connectivity index (χ4v) is 4.26. The predicted molar refractivity (Wildman–Crippen MR) is 133 cm³/mol. The fourth-order valence-electron chi connectivity index (χ4n) is 4.26. The molecule has 0 amide bonds. The number of hydrogen-bond donors (Lipinski definition) is 3. The first-order valence-corrected chi connectivity index (χ1v) is 11.4. The molecule has 2 fully saturated rings. The molecule has 0 saturated carbocycles. The van der Waals surface area contributed by atoms with Gasteiger partial charge in [0, 0.05) is 31.7 Å². The van der Waals surface area contributed by atoms with E-state index in [2.05, 4.69) is 27.4 Å². The molecule has 2 saturated heterocycles. The van der Waals surface area contributed by atoms with Crippen molar-refractivity contribution < 1.29 is 14.3 Å². The van der Waals surface area contributed by atoms with E-state index in [9.17, 15) is 5.11 Å². The number of ether oxygens (including phenoxy) is 1. The number of hydrogen-bond acceptors (Lipinski definition) is 6. The number of nitrogens with zero attached hydrogens (tertiary/aromatic N) is 3. The van der Waals surface area contributed by atoms with Crippen molar-refractivity contribution in [2.24, 2.45) is 16.3 Å². The van der Waals surface area contributed by atoms with Gasteiger partial charge < -0.3 is 24.9 Å². The number of rotatable bonds is 9. The lowest BCUT2D eigenvalue weighted by Gasteiger charge is -2.31. The zero-order valence-corrected chi connectivity index (χ0v) is 21.6. The number of guanidine groups is 1. The average Bonchev–Trinajstić information content (AvgIpc) is 3.32. The summed E-state index contributed by atoms with van der Waals surface area (Å²) < 4.78 is 11.3. The Morgan fingerprint density at radius 3 is 2.65 bits per heavy atom. The van der Waals surface area contributed by atoms with Gasteiger partial charge >= 0.3 is 0 Å². The molecule has 1 aromatic heterocycles. The highest BCUT2D eigenvalue weighted by Crippen LogP contribution is 2.32. The summed E-state index contributed by atoms with van der Waals surface area (Å²) in [5.41, 5.74) is 0.975. The van der Waals surface area contributed by atoms with Crippen molar-refractivity contribution in [1.82, 2.24) is 20.5 Å². The molecule has 2 aliphatic heterocycles. The van der Waals surface area contributed by atoms with Gasteiger partial charge in [-0.25, -0.2) is 4.98 Å². The molecule has 3 N–H and O–H groups in total. The molecule has 1 atom stereocenters. The predicted octanol–water partition coefficient (Wildman–Crippen LogP) is 2.47. The van der Waals surface area contributed by atoms with Crippen molar-refractivity contribution in [3.8, 4) is 0 Å². The molecule has 9 heteroatoms. The van der Waals surface area contributed by atoms with E-state index in [-0.39, 0.29) is 36.0 Å². The molecule has 1 aromatic rings. The molecule has 0 aromatic carbocycles. The zero-order chi connectivity index (χ0) is 21.4. The summed E-state index contributed by atoms with van der Waals surface area (Å²) in [6, 6.07) is 0. The highest BCUT2D eigenvalue weighted by Gasteiger charge is 2.34. The second-order valence-corrected chi connectivity index (χ2v) is 8.82. The maximum absolute atomic E-state index is 9.41. The van der Waals surface area contributed by atoms with Crippen molar-refractivity contribution in [2.75, 3.05) is 52.5 Å². The van der Waals surface area contributed by atoms with Crippen LogP contribution in [0.5, 0.6) is 0 Å². The number of aliphatic imine (C=N–C) groups is 1. The van der Waals surface area contributed by atoms with E-state index in [4.69, 9.17) is 14.1 Å². The number of nitrogens with one attached hydrogen (secondary N) is 2. The van der Waals surface area contributed by atoms with Gasteiger partial charge in [-0.3, -0.25) is 9.89 Å². The van der Waals surface area contributed by atoms with Gasteiger partial charge in [0.05, 0.1) is 25.4 Å². The maximum Gasteiger partial charge on any atom is 0.208 e. The zero-order valence-electron chi connectivity index (χ0n) is 19.3. The van der Waals surface area contributed by atoms with Crippen LogP contribution in [0.15, 0.2) is 9.41 Å². The van der Waals surface area contributed by atoms with Crippen LogP contribution in [0.1, 0.15) is 50.0 Å². The molecular formula is C22H40IN5O3. The molecule has 178 valence electrons. The Hall–Kier alpha value is -0.910. The van der Waals surface area contributed by atoms with Crippen molar-refractivity contribution >= 4 is 29.9 Å². The van der Waals surface area contributed by atoms with Crippen molar-refractivity contribution in [3.05, 3.63) is 17.3 Å². The number of aliphatic hydroxyl groups is 1. The summed E-state index contributed by atoms with van der Waals surface area (Å²) in [6.45, 7) is 13.1. The van der Waals surface area contributed by atoms with Crippen LogP contribution in [0.25, 0.3) is 0 Å². The molecule has 1 unspecified atom stereocenters. The lowest BCUT2D eigenvalue weighted by Crippen LogP contribution is -2.43. The SMILES string of the molecule is CCNC(=NCC1(CCO)CCOC1)NCC1CCN(Cc2nc(C)c(C)o2)CC1.I. The first-order valence-electron chi connectivity index (χ1n) is 11.4. The molecule has 31 heavy (non-hydrogen) atoms. The smallest absolute Gasteiger partial charge is 0.208 e. The number of halogens is 1. The van der Waals surface area contributed by atoms with Crippen molar-refractivity contribution in [2.45, 2.75) is 53.0 Å². The van der Waals surface area contributed by atoms with Crippen LogP contribution in [0.3, 0.4) is 0 Å². The number of oxazole rings is 1. The van der Waals surface area contributed by atoms with Gasteiger partial charge in [-0.1, -0.05) is 0 Å². The highest BCUT2D eigenvalue weighted by atomic mass is 127. The first-order chi connectivity index (χ1) is 14.5. The minimum Gasteiger partial charge on any atom is -0.444 e. The normalized spacial score (nSPS) is 23.0. The van der Waals surface area contributed by atoms with Gasteiger partial charge in [-0.2, -0.15) is 0 Å². The minimum atomic E-state index is -0.0148. The molecule has 3 heterocycles. The first kappa shape index (κ1) is 26.3. The van der Waals surface area contributed by atoms with E-state index in [0.717, 1.165) is 88.3 Å². The summed E-state index contributed by atoms with van der Waals surface area (Å²) in [7, 11) is 0. The number of aliphatic hydroxyl groups excluding tert-OH is 1. The molecule has 0 spiro atoms. The molecular weight excluding hydrogens is 509 g/mol. The third kappa shape index (κ3) is 7.87. The summed E-state index contributed by atoms with van der Waals surface area (Å²) in [4.78, 5) is 11.8. The van der Waals surface area contributed by atoms with E-state index >= 15 is 0 Å². The number of aromatic nitrogens is 1. The summed E-state index contributed by atoms with van der Waals surface area (Å²) >= 11 is 0. The Labute approximate surface area is 203 Å². The van der Waals surface area contributed by atoms with E-state index in [1.807, 2.05) is 13.8 Å². The number of aryl methyl sites for hydroxylation is 2. The largest absolute Gasteiger partial charge is 0.444 e. The van der Waals surface area contributed by atoms with Crippen molar-refractivity contribution in [3.63, 3.8) is 0 Å². The van der Waals surface area contributed by atoms with E-state index < -0.39 is 0 Å². The standard InChI is InChI=1S/C22H39N5O3.HI/c1-4-23-21(25-15-22(7-11-28)8-12-29-16-22)24-13-19-5-9-27(10-6-19)14-20-26-17(2)18(3)30-20;/h19,28H,4-16H2,1-3H3,(H2,23,24,25);1H. The molecule has 2 aliphatic rings. The van der Waals surface area contributed by atoms with Gasteiger partial charge in [0.1, 0.15) is 5.76 Å². The number of piperidine rings is 1. The molecule has 0 aliphatic carbocycles. The quantitative estimate of drug-likeness (QED) is 0.248. The van der Waals surface area contributed by atoms with Crippen LogP contribution in [0, 0.1) is 25.2 Å². The lowest BCUT2D eigenvalue weighted by molar-refractivity contribution is 0.131. The summed E-state index contributed by atoms with van der Waals surface area (Å²) in [6.07, 6.45) is 4.04. The third-order valence-corrected chi connectivity index (χ3v) is 6.44. The Bertz CT molecular complexity index is 663. The third-order valence-electron chi connectivity index (χ3n) is 6.44. The van der Waals surface area contributed by atoms with Crippen LogP contribution >= 0.6 is 24.0 Å².